The van der Waals surface area contributed by atoms with Gasteiger partial charge >= 0.3 is 0 Å². The minimum atomic E-state index is -0.751. The fourth-order valence-electron chi connectivity index (χ4n) is 8.04. The predicted molar refractivity (Wildman–Crippen MR) is 205 cm³/mol. The monoisotopic (exact) mass is 742 g/mol. The van der Waals surface area contributed by atoms with Crippen molar-refractivity contribution in [2.45, 2.75) is 89.3 Å². The molecule has 15 nitrogen and oxygen atoms in total. The maximum atomic E-state index is 13.6. The highest BCUT2D eigenvalue weighted by atomic mass is 16.2. The van der Waals surface area contributed by atoms with Gasteiger partial charge in [0.2, 0.25) is 11.8 Å². The second kappa shape index (κ2) is 15.8. The number of carbonyl (C=O) groups is 3. The molecule has 7 rings (SSSR count). The number of piperazine rings is 1. The summed E-state index contributed by atoms with van der Waals surface area (Å²) in [5.41, 5.74) is 1.87. The molecular weight excluding hydrogens is 697 g/mol. The van der Waals surface area contributed by atoms with E-state index >= 15 is 0 Å². The van der Waals surface area contributed by atoms with Crippen LogP contribution in [0.5, 0.6) is 0 Å². The van der Waals surface area contributed by atoms with E-state index in [1.807, 2.05) is 19.1 Å². The van der Waals surface area contributed by atoms with Crippen molar-refractivity contribution in [3.8, 4) is 18.0 Å². The highest BCUT2D eigenvalue weighted by Gasteiger charge is 2.40. The number of nitrogens with zero attached hydrogens (tertiary/aromatic N) is 9. The molecule has 4 aromatic rings. The smallest absolute Gasteiger partial charge is 0.255 e. The Hall–Kier alpha value is -5.93. The number of hydrogen-bond donors (Lipinski definition) is 3. The Morgan fingerprint density at radius 1 is 1.04 bits per heavy atom. The van der Waals surface area contributed by atoms with Crippen LogP contribution in [-0.4, -0.2) is 91.7 Å². The van der Waals surface area contributed by atoms with Crippen LogP contribution in [0.25, 0.3) is 16.9 Å². The number of nitrogens with one attached hydrogen (secondary N) is 3. The molecule has 284 valence electrons. The lowest BCUT2D eigenvalue weighted by molar-refractivity contribution is -0.137. The highest BCUT2D eigenvalue weighted by Crippen LogP contribution is 2.33. The normalized spacial score (nSPS) is 23.7. The summed E-state index contributed by atoms with van der Waals surface area (Å²) in [6.45, 7) is 9.62. The minimum absolute atomic E-state index is 0.0540. The summed E-state index contributed by atoms with van der Waals surface area (Å²) in [6.07, 6.45) is 12.2. The Morgan fingerprint density at radius 2 is 1.84 bits per heavy atom. The molecule has 0 radical (unpaired) electrons. The Morgan fingerprint density at radius 3 is 2.55 bits per heavy atom. The van der Waals surface area contributed by atoms with Gasteiger partial charge in [-0.1, -0.05) is 6.07 Å². The molecule has 0 unspecified atom stereocenters. The van der Waals surface area contributed by atoms with Crippen molar-refractivity contribution < 1.29 is 14.4 Å². The molecule has 3 fully saturated rings. The number of anilines is 2. The van der Waals surface area contributed by atoms with Crippen molar-refractivity contribution in [2.75, 3.05) is 36.4 Å². The zero-order valence-electron chi connectivity index (χ0n) is 31.5. The number of aromatic nitrogens is 5. The van der Waals surface area contributed by atoms with Gasteiger partial charge < -0.3 is 15.5 Å². The van der Waals surface area contributed by atoms with Crippen LogP contribution in [0.4, 0.5) is 11.5 Å². The van der Waals surface area contributed by atoms with Gasteiger partial charge in [0.15, 0.2) is 11.5 Å². The van der Waals surface area contributed by atoms with Crippen LogP contribution in [0, 0.1) is 28.6 Å². The van der Waals surface area contributed by atoms with Crippen LogP contribution < -0.4 is 20.9 Å². The average molecular weight is 743 g/mol. The van der Waals surface area contributed by atoms with Gasteiger partial charge in [0.1, 0.15) is 17.9 Å². The number of hydrogen-bond acceptors (Lipinski definition) is 12. The molecule has 15 heteroatoms. The van der Waals surface area contributed by atoms with Gasteiger partial charge in [0.25, 0.3) is 5.91 Å². The van der Waals surface area contributed by atoms with Crippen LogP contribution in [0.1, 0.15) is 87.2 Å². The molecule has 3 amide bonds. The summed E-state index contributed by atoms with van der Waals surface area (Å²) in [6, 6.07) is 11.4. The highest BCUT2D eigenvalue weighted by molar-refractivity contribution is 6.03. The van der Waals surface area contributed by atoms with E-state index < -0.39 is 11.5 Å². The Labute approximate surface area is 320 Å². The number of rotatable bonds is 10. The Balaban J connectivity index is 0.896. The first-order valence-electron chi connectivity index (χ1n) is 19.1. The van der Waals surface area contributed by atoms with E-state index in [9.17, 15) is 24.9 Å². The fraction of sp³-hybridized carbons (Fsp3) is 0.475. The van der Waals surface area contributed by atoms with Crippen molar-refractivity contribution in [3.63, 3.8) is 0 Å². The average Bonchev–Trinajstić information content (AvgIpc) is 3.62. The number of nitriles is 2. The Kier molecular flexibility index (Phi) is 10.7. The minimum Gasteiger partial charge on any atom is -0.369 e. The molecule has 2 saturated heterocycles. The first-order chi connectivity index (χ1) is 26.5. The third kappa shape index (κ3) is 7.98. The van der Waals surface area contributed by atoms with Crippen molar-refractivity contribution in [3.05, 3.63) is 65.7 Å². The molecule has 6 heterocycles. The second-order valence-corrected chi connectivity index (χ2v) is 15.3. The first-order valence-corrected chi connectivity index (χ1v) is 19.1. The number of imide groups is 1. The summed E-state index contributed by atoms with van der Waals surface area (Å²) in [5, 5.41) is 32.7. The fourth-order valence-corrected chi connectivity index (χ4v) is 8.04. The molecule has 2 aliphatic heterocycles. The van der Waals surface area contributed by atoms with Crippen LogP contribution in [0.2, 0.25) is 0 Å². The largest absolute Gasteiger partial charge is 0.369 e. The van der Waals surface area contributed by atoms with E-state index in [0.29, 0.717) is 52.4 Å². The SMILES string of the molecule is C[C@H](C#N)Nc1cc(-n2ncc3cc(C#N)cnc32)ncc1C(=O)NC1CCC(CCN2CCN(c3ccc([C@@]4(C)CCC(=O)NC4=O)cn3)[C@@H](C)C2)CC1. The number of fused-ring (bicyclic) bond motifs is 1. The number of piperidine rings is 1. The summed E-state index contributed by atoms with van der Waals surface area (Å²) >= 11 is 0. The molecule has 3 N–H and O–H groups in total. The molecule has 3 aliphatic rings. The van der Waals surface area contributed by atoms with Gasteiger partial charge in [-0.05, 0) is 89.5 Å². The summed E-state index contributed by atoms with van der Waals surface area (Å²) < 4.78 is 1.55. The quantitative estimate of drug-likeness (QED) is 0.198. The van der Waals surface area contributed by atoms with Gasteiger partial charge in [-0.3, -0.25) is 24.6 Å². The van der Waals surface area contributed by atoms with Crippen LogP contribution in [0.3, 0.4) is 0 Å². The standard InChI is InChI=1S/C40H46N12O3/c1-25(18-41)47-33-17-35(52-37-29(21-46-52)16-28(19-42)20-45-37)44-23-32(33)38(54)48-31-7-4-27(5-8-31)11-13-50-14-15-51(26(2)24-50)34-9-6-30(22-43-34)40(3)12-10-36(53)49-39(40)55/h6,9,16-17,20-23,25-27,31H,4-5,7-8,10-15,24H2,1-3H3,(H,44,47)(H,48,54)(H,49,53,55)/t25-,26+,27?,31?,40-/m1/s1. The van der Waals surface area contributed by atoms with E-state index in [1.165, 1.54) is 12.4 Å². The molecule has 0 bridgehead atoms. The topological polar surface area (TPSA) is 198 Å². The van der Waals surface area contributed by atoms with Gasteiger partial charge in [0.05, 0.1) is 34.5 Å². The van der Waals surface area contributed by atoms with Gasteiger partial charge in [0, 0.05) is 68.2 Å². The zero-order valence-corrected chi connectivity index (χ0v) is 31.5. The summed E-state index contributed by atoms with van der Waals surface area (Å²) in [4.78, 5) is 56.4. The molecule has 3 atom stereocenters. The summed E-state index contributed by atoms with van der Waals surface area (Å²) in [7, 11) is 0. The lowest BCUT2D eigenvalue weighted by Crippen LogP contribution is -2.52. The van der Waals surface area contributed by atoms with Crippen molar-refractivity contribution in [1.29, 1.82) is 10.5 Å². The van der Waals surface area contributed by atoms with Crippen molar-refractivity contribution in [1.82, 2.24) is 40.3 Å². The maximum absolute atomic E-state index is 13.6. The lowest BCUT2D eigenvalue weighted by Gasteiger charge is -2.41. The Bertz CT molecular complexity index is 2160. The molecular formula is C40H46N12O3. The molecule has 1 aliphatic carbocycles. The van der Waals surface area contributed by atoms with Crippen LogP contribution in [0.15, 0.2) is 49.1 Å². The van der Waals surface area contributed by atoms with E-state index in [-0.39, 0.29) is 29.8 Å². The number of pyridine rings is 3. The maximum Gasteiger partial charge on any atom is 0.255 e. The van der Waals surface area contributed by atoms with Crippen LogP contribution in [-0.2, 0) is 15.0 Å². The van der Waals surface area contributed by atoms with E-state index in [2.05, 4.69) is 59.9 Å². The zero-order chi connectivity index (χ0) is 38.7. The number of amides is 3. The number of carbonyl (C=O) groups excluding carboxylic acids is 3. The third-order valence-corrected chi connectivity index (χ3v) is 11.5. The second-order valence-electron chi connectivity index (χ2n) is 15.3. The molecule has 4 aromatic heterocycles. The molecule has 1 saturated carbocycles. The van der Waals surface area contributed by atoms with Crippen molar-refractivity contribution in [2.24, 2.45) is 5.92 Å². The van der Waals surface area contributed by atoms with E-state index in [0.717, 1.165) is 69.7 Å². The van der Waals surface area contributed by atoms with Crippen molar-refractivity contribution >= 4 is 40.3 Å². The molecule has 0 spiro atoms. The molecule has 0 aromatic carbocycles. The van der Waals surface area contributed by atoms with Gasteiger partial charge in [-0.15, -0.1) is 0 Å². The lowest BCUT2D eigenvalue weighted by atomic mass is 9.76. The van der Waals surface area contributed by atoms with Crippen LogP contribution >= 0.6 is 0 Å². The van der Waals surface area contributed by atoms with E-state index in [1.54, 1.807) is 36.1 Å². The first kappa shape index (κ1) is 37.4. The van der Waals surface area contributed by atoms with Gasteiger partial charge in [-0.2, -0.15) is 20.3 Å². The van der Waals surface area contributed by atoms with E-state index in [4.69, 9.17) is 4.98 Å². The summed E-state index contributed by atoms with van der Waals surface area (Å²) in [5.74, 6) is 1.21. The third-order valence-electron chi connectivity index (χ3n) is 11.5. The predicted octanol–water partition coefficient (Wildman–Crippen LogP) is 3.99. The van der Waals surface area contributed by atoms with Gasteiger partial charge in [-0.25, -0.2) is 15.0 Å². The molecule has 55 heavy (non-hydrogen) atoms.